The summed E-state index contributed by atoms with van der Waals surface area (Å²) in [6.45, 7) is 2.22. The Morgan fingerprint density at radius 1 is 1.29 bits per heavy atom. The third kappa shape index (κ3) is 5.32. The first-order valence-corrected chi connectivity index (χ1v) is 4.56. The van der Waals surface area contributed by atoms with Crippen molar-refractivity contribution in [2.75, 3.05) is 20.7 Å². The molecule has 0 atom stereocenters. The van der Waals surface area contributed by atoms with Crippen LogP contribution in [0.25, 0.3) is 0 Å². The lowest BCUT2D eigenvalue weighted by Gasteiger charge is -1.99. The zero-order chi connectivity index (χ0) is 10.8. The van der Waals surface area contributed by atoms with E-state index in [1.807, 2.05) is 32.3 Å². The Morgan fingerprint density at radius 2 is 1.79 bits per heavy atom. The molecule has 3 nitrogen and oxygen atoms in total. The van der Waals surface area contributed by atoms with Gasteiger partial charge in [0.1, 0.15) is 0 Å². The number of carbonyl (C=O) groups excluding carboxylic acids is 1. The molecule has 1 rings (SSSR count). The number of esters is 1. The number of hydrogen-bond donors (Lipinski definition) is 1. The van der Waals surface area contributed by atoms with Gasteiger partial charge in [-0.2, -0.15) is 0 Å². The highest BCUT2D eigenvalue weighted by Gasteiger charge is 2.02. The summed E-state index contributed by atoms with van der Waals surface area (Å²) in [6.07, 6.45) is 0. The number of rotatable bonds is 2. The number of hydrogen-bond acceptors (Lipinski definition) is 3. The molecule has 78 valence electrons. The first kappa shape index (κ1) is 12.7. The van der Waals surface area contributed by atoms with E-state index in [1.54, 1.807) is 19.1 Å². The molecule has 0 aliphatic heterocycles. The molecule has 3 heteroatoms. The highest BCUT2D eigenvalue weighted by atomic mass is 16.5. The fourth-order valence-corrected chi connectivity index (χ4v) is 0.789. The molecular weight excluding hydrogens is 178 g/mol. The molecule has 0 bridgehead atoms. The zero-order valence-electron chi connectivity index (χ0n) is 8.91. The Balaban J connectivity index is 0.000000500. The van der Waals surface area contributed by atoms with Crippen molar-refractivity contribution in [2.24, 2.45) is 0 Å². The minimum atomic E-state index is -0.256. The van der Waals surface area contributed by atoms with Gasteiger partial charge in [-0.1, -0.05) is 18.2 Å². The first-order valence-electron chi connectivity index (χ1n) is 4.56. The predicted molar refractivity (Wildman–Crippen MR) is 57.4 cm³/mol. The van der Waals surface area contributed by atoms with Crippen molar-refractivity contribution < 1.29 is 9.53 Å². The molecule has 0 amide bonds. The van der Waals surface area contributed by atoms with Gasteiger partial charge in [-0.25, -0.2) is 4.79 Å². The average Bonchev–Trinajstić information content (AvgIpc) is 2.21. The molecule has 0 spiro atoms. The summed E-state index contributed by atoms with van der Waals surface area (Å²) < 4.78 is 4.79. The van der Waals surface area contributed by atoms with Gasteiger partial charge >= 0.3 is 5.97 Å². The van der Waals surface area contributed by atoms with Gasteiger partial charge in [0, 0.05) is 0 Å². The minimum Gasteiger partial charge on any atom is -0.462 e. The van der Waals surface area contributed by atoms with Crippen molar-refractivity contribution in [1.82, 2.24) is 5.32 Å². The van der Waals surface area contributed by atoms with Crippen LogP contribution in [0.2, 0.25) is 0 Å². The molecule has 0 aliphatic rings. The summed E-state index contributed by atoms with van der Waals surface area (Å²) in [7, 11) is 3.75. The maximum atomic E-state index is 11.0. The summed E-state index contributed by atoms with van der Waals surface area (Å²) in [4.78, 5) is 11.0. The third-order valence-corrected chi connectivity index (χ3v) is 1.28. The standard InChI is InChI=1S/C9H10O2.C2H7N/c1-2-11-9(10)8-6-4-3-5-7-8;1-3-2/h3-7H,2H2,1H3;3H,1-2H3. The van der Waals surface area contributed by atoms with Crippen LogP contribution in [0.15, 0.2) is 30.3 Å². The van der Waals surface area contributed by atoms with Crippen LogP contribution in [0.1, 0.15) is 17.3 Å². The van der Waals surface area contributed by atoms with Gasteiger partial charge in [-0.3, -0.25) is 0 Å². The molecule has 1 N–H and O–H groups in total. The second-order valence-corrected chi connectivity index (χ2v) is 2.59. The van der Waals surface area contributed by atoms with Crippen LogP contribution in [0.3, 0.4) is 0 Å². The maximum Gasteiger partial charge on any atom is 0.338 e. The van der Waals surface area contributed by atoms with Crippen LogP contribution in [0.5, 0.6) is 0 Å². The molecular formula is C11H17NO2. The molecule has 0 radical (unpaired) electrons. The highest BCUT2D eigenvalue weighted by Crippen LogP contribution is 1.99. The molecule has 0 saturated carbocycles. The molecule has 0 aliphatic carbocycles. The van der Waals surface area contributed by atoms with E-state index < -0.39 is 0 Å². The summed E-state index contributed by atoms with van der Waals surface area (Å²) in [5, 5.41) is 2.75. The van der Waals surface area contributed by atoms with Crippen LogP contribution in [-0.2, 0) is 4.74 Å². The molecule has 0 unspecified atom stereocenters. The second kappa shape index (κ2) is 8.26. The number of ether oxygens (including phenoxy) is 1. The van der Waals surface area contributed by atoms with Crippen molar-refractivity contribution in [3.05, 3.63) is 35.9 Å². The Hall–Kier alpha value is -1.35. The number of carbonyl (C=O) groups is 1. The van der Waals surface area contributed by atoms with Gasteiger partial charge in [-0.15, -0.1) is 0 Å². The van der Waals surface area contributed by atoms with Gasteiger partial charge in [0.05, 0.1) is 12.2 Å². The quantitative estimate of drug-likeness (QED) is 0.730. The van der Waals surface area contributed by atoms with E-state index in [0.29, 0.717) is 12.2 Å². The number of nitrogens with one attached hydrogen (secondary N) is 1. The fourth-order valence-electron chi connectivity index (χ4n) is 0.789. The lowest BCUT2D eigenvalue weighted by atomic mass is 10.2. The van der Waals surface area contributed by atoms with Crippen molar-refractivity contribution >= 4 is 5.97 Å². The zero-order valence-corrected chi connectivity index (χ0v) is 8.91. The summed E-state index contributed by atoms with van der Waals surface area (Å²) in [5.41, 5.74) is 0.606. The van der Waals surface area contributed by atoms with E-state index in [1.165, 1.54) is 0 Å². The first-order chi connectivity index (χ1) is 6.76. The summed E-state index contributed by atoms with van der Waals surface area (Å²) >= 11 is 0. The second-order valence-electron chi connectivity index (χ2n) is 2.59. The molecule has 0 fully saturated rings. The summed E-state index contributed by atoms with van der Waals surface area (Å²) in [5.74, 6) is -0.256. The Labute approximate surface area is 85.1 Å². The largest absolute Gasteiger partial charge is 0.462 e. The lowest BCUT2D eigenvalue weighted by molar-refractivity contribution is 0.0526. The molecule has 14 heavy (non-hydrogen) atoms. The number of benzene rings is 1. The SMILES string of the molecule is CCOC(=O)c1ccccc1.CNC. The van der Waals surface area contributed by atoms with Crippen LogP contribution >= 0.6 is 0 Å². The van der Waals surface area contributed by atoms with E-state index in [4.69, 9.17) is 4.74 Å². The highest BCUT2D eigenvalue weighted by molar-refractivity contribution is 5.89. The van der Waals surface area contributed by atoms with Gasteiger partial charge in [0.25, 0.3) is 0 Å². The van der Waals surface area contributed by atoms with Crippen molar-refractivity contribution in [1.29, 1.82) is 0 Å². The normalized spacial score (nSPS) is 8.50. The van der Waals surface area contributed by atoms with Gasteiger partial charge in [-0.05, 0) is 33.2 Å². The average molecular weight is 195 g/mol. The predicted octanol–water partition coefficient (Wildman–Crippen LogP) is 1.70. The lowest BCUT2D eigenvalue weighted by Crippen LogP contribution is -2.03. The van der Waals surface area contributed by atoms with Gasteiger partial charge in [0.2, 0.25) is 0 Å². The van der Waals surface area contributed by atoms with Gasteiger partial charge < -0.3 is 10.1 Å². The van der Waals surface area contributed by atoms with E-state index in [0.717, 1.165) is 0 Å². The van der Waals surface area contributed by atoms with Crippen LogP contribution in [-0.4, -0.2) is 26.7 Å². The molecule has 0 aromatic heterocycles. The van der Waals surface area contributed by atoms with Crippen LogP contribution in [0, 0.1) is 0 Å². The maximum absolute atomic E-state index is 11.0. The Morgan fingerprint density at radius 3 is 2.21 bits per heavy atom. The third-order valence-electron chi connectivity index (χ3n) is 1.28. The summed E-state index contributed by atoms with van der Waals surface area (Å²) in [6, 6.07) is 8.96. The van der Waals surface area contributed by atoms with Crippen molar-refractivity contribution in [2.45, 2.75) is 6.92 Å². The minimum absolute atomic E-state index is 0.256. The molecule has 1 aromatic carbocycles. The van der Waals surface area contributed by atoms with Crippen LogP contribution in [0.4, 0.5) is 0 Å². The molecule has 1 aromatic rings. The fraction of sp³-hybridized carbons (Fsp3) is 0.364. The molecule has 0 heterocycles. The van der Waals surface area contributed by atoms with E-state index >= 15 is 0 Å². The van der Waals surface area contributed by atoms with E-state index in [2.05, 4.69) is 5.32 Å². The topological polar surface area (TPSA) is 38.3 Å². The Kier molecular flexibility index (Phi) is 7.46. The van der Waals surface area contributed by atoms with Crippen molar-refractivity contribution in [3.63, 3.8) is 0 Å². The van der Waals surface area contributed by atoms with E-state index in [-0.39, 0.29) is 5.97 Å². The molecule has 0 saturated heterocycles. The van der Waals surface area contributed by atoms with Gasteiger partial charge in [0.15, 0.2) is 0 Å². The smallest absolute Gasteiger partial charge is 0.338 e. The monoisotopic (exact) mass is 195 g/mol. The van der Waals surface area contributed by atoms with Crippen LogP contribution < -0.4 is 5.32 Å². The Bertz CT molecular complexity index is 247. The van der Waals surface area contributed by atoms with Crippen molar-refractivity contribution in [3.8, 4) is 0 Å². The van der Waals surface area contributed by atoms with E-state index in [9.17, 15) is 4.79 Å².